The van der Waals surface area contributed by atoms with Gasteiger partial charge < -0.3 is 9.73 Å². The van der Waals surface area contributed by atoms with Gasteiger partial charge in [0.1, 0.15) is 16.5 Å². The van der Waals surface area contributed by atoms with Crippen LogP contribution in [0.4, 0.5) is 5.69 Å². The minimum Gasteiger partial charge on any atom is -0.462 e. The Balaban J connectivity index is 1.37. The minimum atomic E-state index is -0.331. The van der Waals surface area contributed by atoms with E-state index in [1.165, 1.54) is 16.3 Å². The van der Waals surface area contributed by atoms with Crippen LogP contribution >= 0.6 is 23.6 Å². The third kappa shape index (κ3) is 4.82. The Hall–Kier alpha value is -3.29. The maximum atomic E-state index is 12.0. The summed E-state index contributed by atoms with van der Waals surface area (Å²) in [5, 5.41) is 6.82. The van der Waals surface area contributed by atoms with Crippen LogP contribution in [0.2, 0.25) is 0 Å². The van der Waals surface area contributed by atoms with E-state index < -0.39 is 0 Å². The monoisotopic (exact) mass is 433 g/mol. The predicted molar refractivity (Wildman–Crippen MR) is 127 cm³/mol. The Bertz CT molecular complexity index is 1250. The summed E-state index contributed by atoms with van der Waals surface area (Å²) < 4.78 is 6.56. The maximum Gasteiger partial charge on any atom is 0.250 e. The summed E-state index contributed by atoms with van der Waals surface area (Å²) in [5.74, 6) is 1.07. The molecule has 2 N–H and O–H groups in total. The average Bonchev–Trinajstić information content (AvgIpc) is 3.32. The van der Waals surface area contributed by atoms with Crippen LogP contribution < -0.4 is 10.6 Å². The number of nitrogens with one attached hydrogen (secondary N) is 2. The van der Waals surface area contributed by atoms with Crippen molar-refractivity contribution in [3.63, 3.8) is 0 Å². The van der Waals surface area contributed by atoms with E-state index in [9.17, 15) is 4.79 Å². The lowest BCUT2D eigenvalue weighted by molar-refractivity contribution is -0.115. The molecule has 4 rings (SSSR count). The Morgan fingerprint density at radius 2 is 1.90 bits per heavy atom. The van der Waals surface area contributed by atoms with Crippen LogP contribution in [0.25, 0.3) is 26.9 Å². The molecule has 0 unspecified atom stereocenters. The highest BCUT2D eigenvalue weighted by atomic mass is 32.1. The number of thiazole rings is 1. The molecule has 2 aromatic heterocycles. The third-order valence-electron chi connectivity index (χ3n) is 4.33. The van der Waals surface area contributed by atoms with Gasteiger partial charge in [-0.05, 0) is 86.2 Å². The number of aromatic nitrogens is 1. The van der Waals surface area contributed by atoms with E-state index >= 15 is 0 Å². The number of anilines is 1. The molecule has 4 aromatic rings. The number of nitrogens with zero attached hydrogens (tertiary/aromatic N) is 1. The van der Waals surface area contributed by atoms with Gasteiger partial charge >= 0.3 is 0 Å². The smallest absolute Gasteiger partial charge is 0.250 e. The van der Waals surface area contributed by atoms with Crippen LogP contribution in [-0.2, 0) is 4.79 Å². The molecule has 0 aliphatic rings. The number of aryl methyl sites for hydroxylation is 2. The Kier molecular flexibility index (Phi) is 5.74. The normalized spacial score (nSPS) is 11.1. The number of benzene rings is 2. The van der Waals surface area contributed by atoms with Crippen molar-refractivity contribution in [2.45, 2.75) is 13.8 Å². The van der Waals surface area contributed by atoms with Crippen molar-refractivity contribution < 1.29 is 9.21 Å². The summed E-state index contributed by atoms with van der Waals surface area (Å²) in [6, 6.07) is 17.7. The first-order valence-electron chi connectivity index (χ1n) is 9.30. The number of hydrogen-bond acceptors (Lipinski definition) is 5. The molecule has 1 amide bonds. The van der Waals surface area contributed by atoms with E-state index in [0.717, 1.165) is 27.5 Å². The lowest BCUT2D eigenvalue weighted by Gasteiger charge is -2.08. The molecule has 0 spiro atoms. The zero-order valence-corrected chi connectivity index (χ0v) is 18.1. The van der Waals surface area contributed by atoms with Crippen LogP contribution in [0.3, 0.4) is 0 Å². The van der Waals surface area contributed by atoms with Crippen molar-refractivity contribution in [1.82, 2.24) is 10.3 Å². The fourth-order valence-electron chi connectivity index (χ4n) is 2.87. The number of amides is 1. The van der Waals surface area contributed by atoms with Gasteiger partial charge in [0.2, 0.25) is 5.91 Å². The van der Waals surface area contributed by atoms with Crippen molar-refractivity contribution in [3.05, 3.63) is 77.8 Å². The molecule has 2 heterocycles. The highest BCUT2D eigenvalue weighted by molar-refractivity contribution is 7.80. The molecule has 0 radical (unpaired) electrons. The van der Waals surface area contributed by atoms with Crippen LogP contribution in [0, 0.1) is 13.8 Å². The lowest BCUT2D eigenvalue weighted by Crippen LogP contribution is -2.32. The average molecular weight is 434 g/mol. The van der Waals surface area contributed by atoms with Gasteiger partial charge in [0.15, 0.2) is 5.11 Å². The number of thiocarbonyl (C=S) groups is 1. The highest BCUT2D eigenvalue weighted by Gasteiger charge is 2.07. The van der Waals surface area contributed by atoms with Gasteiger partial charge in [-0.15, -0.1) is 11.3 Å². The molecule has 0 atom stereocenters. The third-order valence-corrected chi connectivity index (χ3v) is 5.60. The van der Waals surface area contributed by atoms with E-state index in [0.29, 0.717) is 5.76 Å². The summed E-state index contributed by atoms with van der Waals surface area (Å²) in [6.45, 7) is 3.92. The standard InChI is InChI=1S/C23H19N3O2S2/c1-14-3-11-19-20(13-14)30-22(25-19)16-5-7-17(8-6-16)24-23(29)26-21(27)12-10-18-9-4-15(2)28-18/h3-13H,1-2H3,(H2,24,26,27,29). The Labute approximate surface area is 183 Å². The van der Waals surface area contributed by atoms with Crippen molar-refractivity contribution in [2.24, 2.45) is 0 Å². The topological polar surface area (TPSA) is 67.2 Å². The van der Waals surface area contributed by atoms with Gasteiger partial charge in [0, 0.05) is 17.3 Å². The fourth-order valence-corrected chi connectivity index (χ4v) is 4.16. The number of carbonyl (C=O) groups is 1. The SMILES string of the molecule is Cc1ccc2nc(-c3ccc(NC(=S)NC(=O)C=Cc4ccc(C)o4)cc3)sc2c1. The van der Waals surface area contributed by atoms with Gasteiger partial charge in [0.05, 0.1) is 10.2 Å². The molecule has 7 heteroatoms. The lowest BCUT2D eigenvalue weighted by atomic mass is 10.2. The Morgan fingerprint density at radius 3 is 2.63 bits per heavy atom. The van der Waals surface area contributed by atoms with E-state index in [4.69, 9.17) is 21.6 Å². The predicted octanol–water partition coefficient (Wildman–Crippen LogP) is 5.70. The molecule has 0 saturated heterocycles. The molecule has 0 saturated carbocycles. The maximum absolute atomic E-state index is 12.0. The zero-order chi connectivity index (χ0) is 21.1. The summed E-state index contributed by atoms with van der Waals surface area (Å²) in [7, 11) is 0. The Morgan fingerprint density at radius 1 is 1.10 bits per heavy atom. The quantitative estimate of drug-likeness (QED) is 0.319. The van der Waals surface area contributed by atoms with Crippen LogP contribution in [0.15, 0.2) is 65.1 Å². The van der Waals surface area contributed by atoms with Crippen molar-refractivity contribution in [3.8, 4) is 10.6 Å². The first-order chi connectivity index (χ1) is 14.5. The molecule has 0 aliphatic heterocycles. The highest BCUT2D eigenvalue weighted by Crippen LogP contribution is 2.31. The van der Waals surface area contributed by atoms with Gasteiger partial charge in [-0.1, -0.05) is 6.07 Å². The second-order valence-electron chi connectivity index (χ2n) is 6.79. The second kappa shape index (κ2) is 8.61. The van der Waals surface area contributed by atoms with Gasteiger partial charge in [-0.3, -0.25) is 10.1 Å². The van der Waals surface area contributed by atoms with Crippen molar-refractivity contribution >= 4 is 56.6 Å². The number of hydrogen-bond donors (Lipinski definition) is 2. The first kappa shape index (κ1) is 20.0. The second-order valence-corrected chi connectivity index (χ2v) is 8.23. The number of fused-ring (bicyclic) bond motifs is 1. The van der Waals surface area contributed by atoms with E-state index in [-0.39, 0.29) is 11.0 Å². The molecule has 0 bridgehead atoms. The van der Waals surface area contributed by atoms with Gasteiger partial charge in [-0.2, -0.15) is 0 Å². The molecule has 150 valence electrons. The summed E-state index contributed by atoms with van der Waals surface area (Å²) >= 11 is 6.89. The van der Waals surface area contributed by atoms with Crippen LogP contribution in [0.1, 0.15) is 17.1 Å². The zero-order valence-electron chi connectivity index (χ0n) is 16.4. The summed E-state index contributed by atoms with van der Waals surface area (Å²) in [5.41, 5.74) is 4.05. The molecule has 30 heavy (non-hydrogen) atoms. The number of carbonyl (C=O) groups excluding carboxylic acids is 1. The molecule has 0 fully saturated rings. The van der Waals surface area contributed by atoms with Crippen molar-refractivity contribution in [2.75, 3.05) is 5.32 Å². The number of rotatable bonds is 4. The summed E-state index contributed by atoms with van der Waals surface area (Å²) in [6.07, 6.45) is 2.98. The summed E-state index contributed by atoms with van der Waals surface area (Å²) in [4.78, 5) is 16.7. The van der Waals surface area contributed by atoms with E-state index in [1.807, 2.05) is 43.3 Å². The molecular weight excluding hydrogens is 414 g/mol. The number of furan rings is 1. The largest absolute Gasteiger partial charge is 0.462 e. The minimum absolute atomic E-state index is 0.225. The fraction of sp³-hybridized carbons (Fsp3) is 0.0870. The van der Waals surface area contributed by atoms with Crippen molar-refractivity contribution in [1.29, 1.82) is 0 Å². The molecule has 5 nitrogen and oxygen atoms in total. The van der Waals surface area contributed by atoms with Crippen LogP contribution in [0.5, 0.6) is 0 Å². The molecule has 0 aliphatic carbocycles. The first-order valence-corrected chi connectivity index (χ1v) is 10.5. The van der Waals surface area contributed by atoms with E-state index in [1.54, 1.807) is 23.5 Å². The van der Waals surface area contributed by atoms with Gasteiger partial charge in [0.25, 0.3) is 0 Å². The van der Waals surface area contributed by atoms with Gasteiger partial charge in [-0.25, -0.2) is 4.98 Å². The molecule has 2 aromatic carbocycles. The van der Waals surface area contributed by atoms with E-state index in [2.05, 4.69) is 29.7 Å². The van der Waals surface area contributed by atoms with Crippen LogP contribution in [-0.4, -0.2) is 16.0 Å². The molecular formula is C23H19N3O2S2.